The lowest BCUT2D eigenvalue weighted by molar-refractivity contribution is 0.317. The molecule has 2 N–H and O–H groups in total. The first kappa shape index (κ1) is 14.4. The van der Waals surface area contributed by atoms with E-state index in [1.807, 2.05) is 0 Å². The molecule has 2 rings (SSSR count). The van der Waals surface area contributed by atoms with Gasteiger partial charge in [0.05, 0.1) is 0 Å². The number of likely N-dealkylation sites (tertiary alicyclic amines) is 1. The van der Waals surface area contributed by atoms with Crippen molar-refractivity contribution in [1.82, 2.24) is 4.90 Å². The molecule has 96 valence electrons. The van der Waals surface area contributed by atoms with Crippen LogP contribution in [-0.4, -0.2) is 24.5 Å². The van der Waals surface area contributed by atoms with Gasteiger partial charge in [0.25, 0.3) is 0 Å². The molecule has 1 atom stereocenters. The fourth-order valence-electron chi connectivity index (χ4n) is 2.15. The van der Waals surface area contributed by atoms with Crippen LogP contribution in [0.5, 0.6) is 0 Å². The first-order valence-electron chi connectivity index (χ1n) is 5.55. The van der Waals surface area contributed by atoms with Crippen molar-refractivity contribution in [3.8, 4) is 0 Å². The Morgan fingerprint density at radius 1 is 1.29 bits per heavy atom. The van der Waals surface area contributed by atoms with E-state index in [0.717, 1.165) is 25.1 Å². The van der Waals surface area contributed by atoms with E-state index < -0.39 is 11.6 Å². The number of hydrogen-bond acceptors (Lipinski definition) is 2. The van der Waals surface area contributed by atoms with Crippen LogP contribution in [0.1, 0.15) is 12.0 Å². The summed E-state index contributed by atoms with van der Waals surface area (Å²) in [6.07, 6.45) is 1.10. The highest BCUT2D eigenvalue weighted by molar-refractivity contribution is 5.85. The van der Waals surface area contributed by atoms with Gasteiger partial charge >= 0.3 is 0 Å². The fourth-order valence-corrected chi connectivity index (χ4v) is 2.15. The molecule has 0 saturated carbocycles. The Hall–Kier alpha value is -0.710. The summed E-state index contributed by atoms with van der Waals surface area (Å²) in [6.45, 7) is 3.32. The lowest BCUT2D eigenvalue weighted by atomic mass is 10.1. The minimum Gasteiger partial charge on any atom is -0.330 e. The van der Waals surface area contributed by atoms with Gasteiger partial charge in [-0.2, -0.15) is 0 Å². The second-order valence-corrected chi connectivity index (χ2v) is 4.37. The summed E-state index contributed by atoms with van der Waals surface area (Å²) in [7, 11) is 0. The molecule has 1 aromatic carbocycles. The highest BCUT2D eigenvalue weighted by Crippen LogP contribution is 2.18. The number of nitrogens with two attached hydrogens (primary N) is 1. The Bertz CT molecular complexity index is 374. The van der Waals surface area contributed by atoms with Crippen LogP contribution < -0.4 is 5.73 Å². The van der Waals surface area contributed by atoms with Gasteiger partial charge < -0.3 is 5.73 Å². The van der Waals surface area contributed by atoms with Crippen LogP contribution in [0.15, 0.2) is 18.2 Å². The maximum atomic E-state index is 13.0. The fraction of sp³-hybridized carbons (Fsp3) is 0.500. The molecule has 1 heterocycles. The van der Waals surface area contributed by atoms with Crippen LogP contribution in [0.25, 0.3) is 0 Å². The molecule has 5 heteroatoms. The van der Waals surface area contributed by atoms with E-state index in [0.29, 0.717) is 19.0 Å². The van der Waals surface area contributed by atoms with Crippen LogP contribution in [0.4, 0.5) is 8.78 Å². The molecule has 0 spiro atoms. The molecule has 2 nitrogen and oxygen atoms in total. The number of rotatable bonds is 3. The topological polar surface area (TPSA) is 29.3 Å². The molecule has 1 fully saturated rings. The van der Waals surface area contributed by atoms with E-state index in [9.17, 15) is 8.78 Å². The molecule has 0 radical (unpaired) electrons. The van der Waals surface area contributed by atoms with Crippen molar-refractivity contribution < 1.29 is 8.78 Å². The van der Waals surface area contributed by atoms with E-state index in [-0.39, 0.29) is 12.4 Å². The van der Waals surface area contributed by atoms with Crippen molar-refractivity contribution in [2.24, 2.45) is 11.7 Å². The largest absolute Gasteiger partial charge is 0.330 e. The Labute approximate surface area is 106 Å². The molecule has 1 aliphatic rings. The summed E-state index contributed by atoms with van der Waals surface area (Å²) in [6, 6.07) is 4.08. The van der Waals surface area contributed by atoms with Gasteiger partial charge in [-0.25, -0.2) is 8.78 Å². The zero-order valence-electron chi connectivity index (χ0n) is 9.53. The molecule has 0 amide bonds. The second-order valence-electron chi connectivity index (χ2n) is 4.37. The summed E-state index contributed by atoms with van der Waals surface area (Å²) in [5.41, 5.74) is 6.41. The maximum Gasteiger partial charge on any atom is 0.159 e. The molecule has 1 saturated heterocycles. The summed E-state index contributed by atoms with van der Waals surface area (Å²) < 4.78 is 25.7. The van der Waals surface area contributed by atoms with Gasteiger partial charge in [0.15, 0.2) is 11.6 Å². The molecular weight excluding hydrogens is 246 g/mol. The normalized spacial score (nSPS) is 20.3. The predicted octanol–water partition coefficient (Wildman–Crippen LogP) is 2.17. The summed E-state index contributed by atoms with van der Waals surface area (Å²) in [5, 5.41) is 0. The first-order valence-corrected chi connectivity index (χ1v) is 5.55. The molecule has 0 bridgehead atoms. The second kappa shape index (κ2) is 6.28. The van der Waals surface area contributed by atoms with Crippen molar-refractivity contribution in [2.45, 2.75) is 13.0 Å². The molecule has 0 aliphatic carbocycles. The lowest BCUT2D eigenvalue weighted by Gasteiger charge is -2.15. The van der Waals surface area contributed by atoms with Crippen molar-refractivity contribution in [3.05, 3.63) is 35.4 Å². The minimum absolute atomic E-state index is 0. The maximum absolute atomic E-state index is 13.0. The molecule has 0 aromatic heterocycles. The minimum atomic E-state index is -0.787. The molecule has 1 aromatic rings. The van der Waals surface area contributed by atoms with Crippen LogP contribution in [0, 0.1) is 17.6 Å². The molecular formula is C12H17ClF2N2. The SMILES string of the molecule is Cl.NCC1CCN(Cc2ccc(F)c(F)c2)C1. The zero-order valence-corrected chi connectivity index (χ0v) is 10.4. The predicted molar refractivity (Wildman–Crippen MR) is 66.0 cm³/mol. The summed E-state index contributed by atoms with van der Waals surface area (Å²) >= 11 is 0. The van der Waals surface area contributed by atoms with Gasteiger partial charge in [-0.1, -0.05) is 6.07 Å². The van der Waals surface area contributed by atoms with Gasteiger partial charge in [-0.3, -0.25) is 4.90 Å². The van der Waals surface area contributed by atoms with Gasteiger partial charge in [0.1, 0.15) is 0 Å². The third kappa shape index (κ3) is 3.63. The van der Waals surface area contributed by atoms with Crippen LogP contribution in [-0.2, 0) is 6.54 Å². The van der Waals surface area contributed by atoms with E-state index in [2.05, 4.69) is 4.90 Å². The smallest absolute Gasteiger partial charge is 0.159 e. The van der Waals surface area contributed by atoms with Gasteiger partial charge in [-0.15, -0.1) is 12.4 Å². The molecule has 17 heavy (non-hydrogen) atoms. The Morgan fingerprint density at radius 2 is 2.06 bits per heavy atom. The summed E-state index contributed by atoms with van der Waals surface area (Å²) in [4.78, 5) is 2.23. The Morgan fingerprint density at radius 3 is 2.65 bits per heavy atom. The standard InChI is InChI=1S/C12H16F2N2.ClH/c13-11-2-1-9(5-12(11)14)7-16-4-3-10(6-15)8-16;/h1-2,5,10H,3-4,6-8,15H2;1H. The van der Waals surface area contributed by atoms with Crippen LogP contribution in [0.2, 0.25) is 0 Å². The van der Waals surface area contributed by atoms with Crippen molar-refractivity contribution in [1.29, 1.82) is 0 Å². The third-order valence-electron chi connectivity index (χ3n) is 3.09. The van der Waals surface area contributed by atoms with E-state index in [4.69, 9.17) is 5.73 Å². The van der Waals surface area contributed by atoms with Crippen molar-refractivity contribution in [3.63, 3.8) is 0 Å². The highest BCUT2D eigenvalue weighted by atomic mass is 35.5. The molecule has 1 aliphatic heterocycles. The third-order valence-corrected chi connectivity index (χ3v) is 3.09. The highest BCUT2D eigenvalue weighted by Gasteiger charge is 2.21. The monoisotopic (exact) mass is 262 g/mol. The van der Waals surface area contributed by atoms with E-state index in [1.54, 1.807) is 6.07 Å². The number of benzene rings is 1. The Kier molecular flexibility index (Phi) is 5.31. The van der Waals surface area contributed by atoms with Crippen molar-refractivity contribution in [2.75, 3.05) is 19.6 Å². The zero-order chi connectivity index (χ0) is 11.5. The Balaban J connectivity index is 0.00000144. The lowest BCUT2D eigenvalue weighted by Crippen LogP contribution is -2.22. The number of halogens is 3. The quantitative estimate of drug-likeness (QED) is 0.905. The van der Waals surface area contributed by atoms with Crippen LogP contribution >= 0.6 is 12.4 Å². The number of nitrogens with zero attached hydrogens (tertiary/aromatic N) is 1. The van der Waals surface area contributed by atoms with Gasteiger partial charge in [0.2, 0.25) is 0 Å². The first-order chi connectivity index (χ1) is 7.69. The molecule has 1 unspecified atom stereocenters. The van der Waals surface area contributed by atoms with Gasteiger partial charge in [0, 0.05) is 13.1 Å². The number of hydrogen-bond donors (Lipinski definition) is 1. The van der Waals surface area contributed by atoms with Gasteiger partial charge in [-0.05, 0) is 43.1 Å². The van der Waals surface area contributed by atoms with Crippen molar-refractivity contribution >= 4 is 12.4 Å². The average molecular weight is 263 g/mol. The van der Waals surface area contributed by atoms with E-state index >= 15 is 0 Å². The van der Waals surface area contributed by atoms with E-state index in [1.165, 1.54) is 12.1 Å². The summed E-state index contributed by atoms with van der Waals surface area (Å²) in [5.74, 6) is -1.01. The average Bonchev–Trinajstić information content (AvgIpc) is 2.71. The van der Waals surface area contributed by atoms with Crippen LogP contribution in [0.3, 0.4) is 0 Å².